The molecular formula is C12H19NO2. The highest BCUT2D eigenvalue weighted by atomic mass is 16.5. The van der Waals surface area contributed by atoms with E-state index in [2.05, 4.69) is 4.98 Å². The normalized spacial score (nSPS) is 10.6. The number of rotatable bonds is 6. The van der Waals surface area contributed by atoms with E-state index >= 15 is 0 Å². The van der Waals surface area contributed by atoms with Gasteiger partial charge in [0, 0.05) is 25.1 Å². The monoisotopic (exact) mass is 209 g/mol. The average molecular weight is 209 g/mol. The molecule has 3 heteroatoms. The zero-order chi connectivity index (χ0) is 11.1. The highest BCUT2D eigenvalue weighted by Gasteiger charge is 1.99. The van der Waals surface area contributed by atoms with E-state index in [9.17, 15) is 0 Å². The molecule has 0 spiro atoms. The fourth-order valence-electron chi connectivity index (χ4n) is 1.59. The molecule has 0 aliphatic rings. The first kappa shape index (κ1) is 12.1. The summed E-state index contributed by atoms with van der Waals surface area (Å²) in [6.07, 6.45) is 3.09. The molecule has 0 amide bonds. The summed E-state index contributed by atoms with van der Waals surface area (Å²) in [7, 11) is 1.72. The van der Waals surface area contributed by atoms with Gasteiger partial charge in [0.1, 0.15) is 0 Å². The first-order valence-corrected chi connectivity index (χ1v) is 5.32. The Morgan fingerprint density at radius 1 is 1.33 bits per heavy atom. The van der Waals surface area contributed by atoms with Crippen molar-refractivity contribution in [3.63, 3.8) is 0 Å². The van der Waals surface area contributed by atoms with E-state index in [0.29, 0.717) is 0 Å². The molecular weight excluding hydrogens is 190 g/mol. The molecule has 15 heavy (non-hydrogen) atoms. The van der Waals surface area contributed by atoms with Gasteiger partial charge >= 0.3 is 0 Å². The number of pyridine rings is 1. The number of aryl methyl sites for hydroxylation is 2. The summed E-state index contributed by atoms with van der Waals surface area (Å²) < 4.78 is 4.99. The predicted molar refractivity (Wildman–Crippen MR) is 59.7 cm³/mol. The van der Waals surface area contributed by atoms with Crippen LogP contribution in [0, 0.1) is 6.92 Å². The Kier molecular flexibility index (Phi) is 5.29. The summed E-state index contributed by atoms with van der Waals surface area (Å²) in [6, 6.07) is 3.89. The molecule has 1 rings (SSSR count). The number of aliphatic hydroxyl groups excluding tert-OH is 1. The maximum Gasteiger partial charge on any atom is 0.0683 e. The molecule has 0 radical (unpaired) electrons. The van der Waals surface area contributed by atoms with Gasteiger partial charge in [-0.05, 0) is 43.9 Å². The smallest absolute Gasteiger partial charge is 0.0683 e. The van der Waals surface area contributed by atoms with Crippen LogP contribution in [-0.4, -0.2) is 23.8 Å². The number of ether oxygens (including phenoxy) is 1. The Balaban J connectivity index is 2.49. The molecule has 0 bridgehead atoms. The topological polar surface area (TPSA) is 42.4 Å². The largest absolute Gasteiger partial charge is 0.392 e. The summed E-state index contributed by atoms with van der Waals surface area (Å²) >= 11 is 0. The van der Waals surface area contributed by atoms with Gasteiger partial charge in [0.05, 0.1) is 6.61 Å². The summed E-state index contributed by atoms with van der Waals surface area (Å²) in [5.74, 6) is 0. The van der Waals surface area contributed by atoms with Crippen molar-refractivity contribution in [3.05, 3.63) is 29.1 Å². The van der Waals surface area contributed by atoms with Crippen molar-refractivity contribution in [2.45, 2.75) is 32.8 Å². The number of unbranched alkanes of at least 4 members (excludes halogenated alkanes) is 1. The van der Waals surface area contributed by atoms with Gasteiger partial charge in [-0.2, -0.15) is 0 Å². The van der Waals surface area contributed by atoms with Gasteiger partial charge in [0.25, 0.3) is 0 Å². The number of aromatic nitrogens is 1. The minimum absolute atomic E-state index is 0.0917. The van der Waals surface area contributed by atoms with Crippen LogP contribution in [-0.2, 0) is 17.8 Å². The molecule has 0 unspecified atom stereocenters. The number of nitrogens with zero attached hydrogens (tertiary/aromatic N) is 1. The summed E-state index contributed by atoms with van der Waals surface area (Å²) in [4.78, 5) is 4.43. The van der Waals surface area contributed by atoms with Gasteiger partial charge in [-0.3, -0.25) is 4.98 Å². The van der Waals surface area contributed by atoms with Crippen LogP contribution < -0.4 is 0 Å². The first-order chi connectivity index (χ1) is 7.26. The molecule has 1 heterocycles. The van der Waals surface area contributed by atoms with Crippen molar-refractivity contribution in [2.24, 2.45) is 0 Å². The number of methoxy groups -OCH3 is 1. The number of hydrogen-bond donors (Lipinski definition) is 1. The Bertz CT molecular complexity index is 300. The molecule has 0 aliphatic carbocycles. The summed E-state index contributed by atoms with van der Waals surface area (Å²) in [5, 5.41) is 9.05. The number of hydrogen-bond acceptors (Lipinski definition) is 3. The predicted octanol–water partition coefficient (Wildman–Crippen LogP) is 1.85. The lowest BCUT2D eigenvalue weighted by Crippen LogP contribution is -1.97. The third kappa shape index (κ3) is 4.40. The van der Waals surface area contributed by atoms with Crippen LogP contribution in [0.2, 0.25) is 0 Å². The minimum Gasteiger partial charge on any atom is -0.392 e. The molecule has 1 N–H and O–H groups in total. The maximum absolute atomic E-state index is 9.05. The number of aliphatic hydroxyl groups is 1. The van der Waals surface area contributed by atoms with E-state index < -0.39 is 0 Å². The third-order valence-corrected chi connectivity index (χ3v) is 2.28. The zero-order valence-electron chi connectivity index (χ0n) is 9.49. The quantitative estimate of drug-likeness (QED) is 0.727. The highest BCUT2D eigenvalue weighted by Crippen LogP contribution is 2.08. The van der Waals surface area contributed by atoms with Crippen LogP contribution in [0.1, 0.15) is 29.8 Å². The van der Waals surface area contributed by atoms with Crippen molar-refractivity contribution >= 4 is 0 Å². The Morgan fingerprint density at radius 2 is 2.13 bits per heavy atom. The van der Waals surface area contributed by atoms with Gasteiger partial charge in [-0.25, -0.2) is 0 Å². The lowest BCUT2D eigenvalue weighted by Gasteiger charge is -2.05. The molecule has 84 valence electrons. The lowest BCUT2D eigenvalue weighted by atomic mass is 10.1. The van der Waals surface area contributed by atoms with Gasteiger partial charge in [-0.15, -0.1) is 0 Å². The van der Waals surface area contributed by atoms with Gasteiger partial charge in [0.15, 0.2) is 0 Å². The van der Waals surface area contributed by atoms with Crippen molar-refractivity contribution in [1.29, 1.82) is 0 Å². The van der Waals surface area contributed by atoms with Gasteiger partial charge in [-0.1, -0.05) is 0 Å². The van der Waals surface area contributed by atoms with Crippen LogP contribution in [0.25, 0.3) is 0 Å². The van der Waals surface area contributed by atoms with Crippen molar-refractivity contribution in [2.75, 3.05) is 13.7 Å². The van der Waals surface area contributed by atoms with Gasteiger partial charge in [0.2, 0.25) is 0 Å². The highest BCUT2D eigenvalue weighted by molar-refractivity contribution is 5.20. The molecule has 0 aliphatic heterocycles. The lowest BCUT2D eigenvalue weighted by molar-refractivity contribution is 0.193. The molecule has 0 fully saturated rings. The molecule has 1 aromatic heterocycles. The minimum atomic E-state index is 0.0917. The van der Waals surface area contributed by atoms with E-state index in [1.165, 1.54) is 0 Å². The standard InChI is InChI=1S/C12H19NO2/c1-10-7-11(9-14)8-12(13-10)5-3-4-6-15-2/h7-8,14H,3-6,9H2,1-2H3. The van der Waals surface area contributed by atoms with E-state index in [1.54, 1.807) is 7.11 Å². The third-order valence-electron chi connectivity index (χ3n) is 2.28. The summed E-state index contributed by atoms with van der Waals surface area (Å²) in [6.45, 7) is 2.85. The second kappa shape index (κ2) is 6.53. The van der Waals surface area contributed by atoms with Crippen LogP contribution in [0.5, 0.6) is 0 Å². The summed E-state index contributed by atoms with van der Waals surface area (Å²) in [5.41, 5.74) is 2.99. The Hall–Kier alpha value is -0.930. The van der Waals surface area contributed by atoms with Crippen LogP contribution in [0.4, 0.5) is 0 Å². The molecule has 0 aromatic carbocycles. The fourth-order valence-corrected chi connectivity index (χ4v) is 1.59. The van der Waals surface area contributed by atoms with Crippen molar-refractivity contribution in [1.82, 2.24) is 4.98 Å². The van der Waals surface area contributed by atoms with Crippen molar-refractivity contribution < 1.29 is 9.84 Å². The Labute approximate surface area is 91.1 Å². The molecule has 0 saturated carbocycles. The SMILES string of the molecule is COCCCCc1cc(CO)cc(C)n1. The van der Waals surface area contributed by atoms with E-state index in [4.69, 9.17) is 9.84 Å². The Morgan fingerprint density at radius 3 is 2.80 bits per heavy atom. The zero-order valence-corrected chi connectivity index (χ0v) is 9.49. The van der Waals surface area contributed by atoms with Crippen LogP contribution >= 0.6 is 0 Å². The van der Waals surface area contributed by atoms with Gasteiger partial charge < -0.3 is 9.84 Å². The van der Waals surface area contributed by atoms with Crippen LogP contribution in [0.15, 0.2) is 12.1 Å². The fraction of sp³-hybridized carbons (Fsp3) is 0.583. The molecule has 3 nitrogen and oxygen atoms in total. The maximum atomic E-state index is 9.05. The average Bonchev–Trinajstić information content (AvgIpc) is 2.23. The molecule has 0 saturated heterocycles. The van der Waals surface area contributed by atoms with E-state index in [-0.39, 0.29) is 6.61 Å². The van der Waals surface area contributed by atoms with Crippen molar-refractivity contribution in [3.8, 4) is 0 Å². The van der Waals surface area contributed by atoms with E-state index in [0.717, 1.165) is 42.8 Å². The first-order valence-electron chi connectivity index (χ1n) is 5.32. The van der Waals surface area contributed by atoms with Crippen LogP contribution in [0.3, 0.4) is 0 Å². The molecule has 0 atom stereocenters. The second-order valence-corrected chi connectivity index (χ2v) is 3.72. The van der Waals surface area contributed by atoms with E-state index in [1.807, 2.05) is 19.1 Å². The molecule has 1 aromatic rings. The second-order valence-electron chi connectivity index (χ2n) is 3.72.